The van der Waals surface area contributed by atoms with Crippen LogP contribution in [0.4, 0.5) is 11.4 Å². The zero-order valence-electron chi connectivity index (χ0n) is 11.1. The highest BCUT2D eigenvalue weighted by atomic mass is 16.3. The Morgan fingerprint density at radius 1 is 1.21 bits per heavy atom. The molecule has 0 bridgehead atoms. The van der Waals surface area contributed by atoms with Gasteiger partial charge in [-0.25, -0.2) is 0 Å². The molecule has 0 unspecified atom stereocenters. The molecule has 0 saturated heterocycles. The molecule has 0 spiro atoms. The second-order valence-corrected chi connectivity index (χ2v) is 4.50. The summed E-state index contributed by atoms with van der Waals surface area (Å²) in [6.07, 6.45) is 0. The van der Waals surface area contributed by atoms with E-state index in [9.17, 15) is 0 Å². The van der Waals surface area contributed by atoms with E-state index in [1.165, 1.54) is 0 Å². The van der Waals surface area contributed by atoms with Crippen LogP contribution in [0.1, 0.15) is 16.7 Å². The van der Waals surface area contributed by atoms with Gasteiger partial charge in [-0.1, -0.05) is 18.2 Å². The number of aliphatic hydroxyl groups excluding tert-OH is 1. The van der Waals surface area contributed by atoms with Gasteiger partial charge in [0, 0.05) is 18.4 Å². The fourth-order valence-electron chi connectivity index (χ4n) is 2.12. The average molecular weight is 252 g/mol. The van der Waals surface area contributed by atoms with E-state index in [0.717, 1.165) is 22.5 Å². The van der Waals surface area contributed by atoms with E-state index >= 15 is 0 Å². The van der Waals surface area contributed by atoms with Gasteiger partial charge >= 0.3 is 0 Å². The zero-order chi connectivity index (χ0) is 13.8. The van der Waals surface area contributed by atoms with Gasteiger partial charge < -0.3 is 10.0 Å². The molecule has 0 fully saturated rings. The predicted octanol–water partition coefficient (Wildman–Crippen LogP) is 3.13. The van der Waals surface area contributed by atoms with Gasteiger partial charge in [0.1, 0.15) is 0 Å². The van der Waals surface area contributed by atoms with Gasteiger partial charge in [0.15, 0.2) is 0 Å². The minimum Gasteiger partial charge on any atom is -0.392 e. The second-order valence-electron chi connectivity index (χ2n) is 4.50. The summed E-state index contributed by atoms with van der Waals surface area (Å²) < 4.78 is 0. The van der Waals surface area contributed by atoms with Crippen molar-refractivity contribution in [3.63, 3.8) is 0 Å². The lowest BCUT2D eigenvalue weighted by Gasteiger charge is -2.22. The fraction of sp³-hybridized carbons (Fsp3) is 0.188. The standard InChI is InChI=1S/C16H16N2O/c1-12-8-14(11-19)6-7-16(12)18(2)15-5-3-4-13(9-15)10-17/h3-9,19H,11H2,1-2H3. The largest absolute Gasteiger partial charge is 0.392 e. The van der Waals surface area contributed by atoms with Crippen molar-refractivity contribution in [3.05, 3.63) is 59.2 Å². The molecule has 19 heavy (non-hydrogen) atoms. The van der Waals surface area contributed by atoms with Crippen molar-refractivity contribution in [2.75, 3.05) is 11.9 Å². The smallest absolute Gasteiger partial charge is 0.0992 e. The van der Waals surface area contributed by atoms with Crippen LogP contribution in [0.25, 0.3) is 0 Å². The molecule has 2 aromatic carbocycles. The lowest BCUT2D eigenvalue weighted by atomic mass is 10.1. The maximum absolute atomic E-state index is 9.13. The molecule has 0 atom stereocenters. The summed E-state index contributed by atoms with van der Waals surface area (Å²) in [7, 11) is 1.97. The lowest BCUT2D eigenvalue weighted by molar-refractivity contribution is 0.282. The van der Waals surface area contributed by atoms with Crippen LogP contribution in [-0.2, 0) is 6.61 Å². The molecule has 0 aromatic heterocycles. The first kappa shape index (κ1) is 13.1. The number of hydrogen-bond donors (Lipinski definition) is 1. The summed E-state index contributed by atoms with van der Waals surface area (Å²) in [4.78, 5) is 2.04. The summed E-state index contributed by atoms with van der Waals surface area (Å²) in [6, 6.07) is 15.5. The van der Waals surface area contributed by atoms with Gasteiger partial charge in [-0.05, 0) is 42.3 Å². The monoisotopic (exact) mass is 252 g/mol. The third kappa shape index (κ3) is 2.75. The quantitative estimate of drug-likeness (QED) is 0.913. The predicted molar refractivity (Wildman–Crippen MR) is 76.3 cm³/mol. The van der Waals surface area contributed by atoms with E-state index < -0.39 is 0 Å². The third-order valence-corrected chi connectivity index (χ3v) is 3.17. The third-order valence-electron chi connectivity index (χ3n) is 3.17. The molecule has 3 heteroatoms. The van der Waals surface area contributed by atoms with E-state index in [4.69, 9.17) is 10.4 Å². The average Bonchev–Trinajstić information content (AvgIpc) is 2.46. The molecule has 1 N–H and O–H groups in total. The number of rotatable bonds is 3. The molecule has 0 aliphatic heterocycles. The number of nitriles is 1. The first-order chi connectivity index (χ1) is 9.15. The summed E-state index contributed by atoms with van der Waals surface area (Å²) in [5.74, 6) is 0. The van der Waals surface area contributed by atoms with Crippen LogP contribution in [0, 0.1) is 18.3 Å². The molecular weight excluding hydrogens is 236 g/mol. The summed E-state index contributed by atoms with van der Waals surface area (Å²) in [5.41, 5.74) is 4.68. The highest BCUT2D eigenvalue weighted by Gasteiger charge is 2.08. The van der Waals surface area contributed by atoms with Crippen molar-refractivity contribution in [3.8, 4) is 6.07 Å². The Morgan fingerprint density at radius 3 is 2.63 bits per heavy atom. The minimum atomic E-state index is 0.0503. The van der Waals surface area contributed by atoms with Crippen molar-refractivity contribution in [2.24, 2.45) is 0 Å². The maximum atomic E-state index is 9.13. The van der Waals surface area contributed by atoms with Gasteiger partial charge in [-0.2, -0.15) is 5.26 Å². The molecular formula is C16H16N2O. The lowest BCUT2D eigenvalue weighted by Crippen LogP contribution is -2.11. The van der Waals surface area contributed by atoms with Crippen molar-refractivity contribution < 1.29 is 5.11 Å². The Kier molecular flexibility index (Phi) is 3.84. The van der Waals surface area contributed by atoms with Crippen LogP contribution in [0.3, 0.4) is 0 Å². The van der Waals surface area contributed by atoms with E-state index in [1.54, 1.807) is 6.07 Å². The van der Waals surface area contributed by atoms with Crippen LogP contribution in [0.15, 0.2) is 42.5 Å². The fourth-order valence-corrected chi connectivity index (χ4v) is 2.12. The maximum Gasteiger partial charge on any atom is 0.0992 e. The molecule has 0 saturated carbocycles. The molecule has 0 aliphatic rings. The number of aliphatic hydroxyl groups is 1. The normalized spacial score (nSPS) is 10.0. The molecule has 0 heterocycles. The van der Waals surface area contributed by atoms with Crippen molar-refractivity contribution in [2.45, 2.75) is 13.5 Å². The van der Waals surface area contributed by atoms with Gasteiger partial charge in [0.05, 0.1) is 18.2 Å². The summed E-state index contributed by atoms with van der Waals surface area (Å²) in [5, 5.41) is 18.1. The molecule has 0 aliphatic carbocycles. The van der Waals surface area contributed by atoms with Gasteiger partial charge in [-0.15, -0.1) is 0 Å². The summed E-state index contributed by atoms with van der Waals surface area (Å²) in [6.45, 7) is 2.06. The highest BCUT2D eigenvalue weighted by Crippen LogP contribution is 2.27. The van der Waals surface area contributed by atoms with Gasteiger partial charge in [-0.3, -0.25) is 0 Å². The number of aryl methyl sites for hydroxylation is 1. The van der Waals surface area contributed by atoms with Crippen LogP contribution in [0.2, 0.25) is 0 Å². The van der Waals surface area contributed by atoms with E-state index in [0.29, 0.717) is 5.56 Å². The van der Waals surface area contributed by atoms with Gasteiger partial charge in [0.2, 0.25) is 0 Å². The number of benzene rings is 2. The van der Waals surface area contributed by atoms with E-state index in [-0.39, 0.29) is 6.61 Å². The number of hydrogen-bond acceptors (Lipinski definition) is 3. The van der Waals surface area contributed by atoms with Crippen LogP contribution >= 0.6 is 0 Å². The molecule has 0 radical (unpaired) electrons. The minimum absolute atomic E-state index is 0.0503. The molecule has 3 nitrogen and oxygen atoms in total. The van der Waals surface area contributed by atoms with E-state index in [2.05, 4.69) is 6.07 Å². The topological polar surface area (TPSA) is 47.3 Å². The SMILES string of the molecule is Cc1cc(CO)ccc1N(C)c1cccc(C#N)c1. The highest BCUT2D eigenvalue weighted by molar-refractivity contribution is 5.67. The van der Waals surface area contributed by atoms with Crippen LogP contribution in [-0.4, -0.2) is 12.2 Å². The van der Waals surface area contributed by atoms with Crippen molar-refractivity contribution in [1.29, 1.82) is 5.26 Å². The zero-order valence-corrected chi connectivity index (χ0v) is 11.1. The Labute approximate surface area is 113 Å². The van der Waals surface area contributed by atoms with Crippen molar-refractivity contribution in [1.82, 2.24) is 0 Å². The Hall–Kier alpha value is -2.31. The van der Waals surface area contributed by atoms with Crippen LogP contribution in [0.5, 0.6) is 0 Å². The van der Waals surface area contributed by atoms with Crippen molar-refractivity contribution >= 4 is 11.4 Å². The molecule has 2 aromatic rings. The van der Waals surface area contributed by atoms with Crippen LogP contribution < -0.4 is 4.90 Å². The molecule has 96 valence electrons. The first-order valence-electron chi connectivity index (χ1n) is 6.10. The summed E-state index contributed by atoms with van der Waals surface area (Å²) >= 11 is 0. The Morgan fingerprint density at radius 2 is 2.00 bits per heavy atom. The van der Waals surface area contributed by atoms with Gasteiger partial charge in [0.25, 0.3) is 0 Å². The Balaban J connectivity index is 2.38. The molecule has 2 rings (SSSR count). The second kappa shape index (κ2) is 5.55. The first-order valence-corrected chi connectivity index (χ1v) is 6.10. The molecule has 0 amide bonds. The number of anilines is 2. The van der Waals surface area contributed by atoms with E-state index in [1.807, 2.05) is 55.3 Å². The Bertz CT molecular complexity index is 629. The number of nitrogens with zero attached hydrogens (tertiary/aromatic N) is 2.